The highest BCUT2D eigenvalue weighted by molar-refractivity contribution is 6.31. The van der Waals surface area contributed by atoms with E-state index in [2.05, 4.69) is 0 Å². The molecule has 6 nitrogen and oxygen atoms in total. The smallest absolute Gasteiger partial charge is 0.269 e. The van der Waals surface area contributed by atoms with Gasteiger partial charge in [0.1, 0.15) is 0 Å². The molecule has 1 rings (SSSR count). The van der Waals surface area contributed by atoms with Crippen molar-refractivity contribution in [1.82, 2.24) is 4.90 Å². The Morgan fingerprint density at radius 3 is 2.63 bits per heavy atom. The summed E-state index contributed by atoms with van der Waals surface area (Å²) < 4.78 is 0. The van der Waals surface area contributed by atoms with Gasteiger partial charge in [-0.2, -0.15) is 0 Å². The first kappa shape index (κ1) is 17.6. The fourth-order valence-corrected chi connectivity index (χ4v) is 1.65. The molecule has 0 bridgehead atoms. The molecule has 19 heavy (non-hydrogen) atoms. The molecular formula is C11H15Cl2N3O3. The van der Waals surface area contributed by atoms with Crippen molar-refractivity contribution in [3.63, 3.8) is 0 Å². The maximum atomic E-state index is 11.6. The monoisotopic (exact) mass is 307 g/mol. The Bertz CT molecular complexity index is 480. The van der Waals surface area contributed by atoms with E-state index < -0.39 is 11.0 Å². The highest BCUT2D eigenvalue weighted by Crippen LogP contribution is 2.23. The third kappa shape index (κ3) is 4.66. The van der Waals surface area contributed by atoms with Gasteiger partial charge < -0.3 is 10.6 Å². The minimum Gasteiger partial charge on any atom is -0.340 e. The Kier molecular flexibility index (Phi) is 6.75. The number of carbonyl (C=O) groups is 1. The second-order valence-electron chi connectivity index (χ2n) is 4.02. The number of rotatable bonds is 4. The molecule has 0 saturated carbocycles. The number of carbonyl (C=O) groups excluding carboxylic acids is 1. The molecule has 2 N–H and O–H groups in total. The van der Waals surface area contributed by atoms with E-state index in [4.69, 9.17) is 17.3 Å². The number of hydrogen-bond donors (Lipinski definition) is 1. The lowest BCUT2D eigenvalue weighted by molar-refractivity contribution is -0.384. The molecule has 0 fully saturated rings. The molecule has 0 spiro atoms. The zero-order valence-corrected chi connectivity index (χ0v) is 12.1. The van der Waals surface area contributed by atoms with Crippen molar-refractivity contribution in [2.75, 3.05) is 7.05 Å². The van der Waals surface area contributed by atoms with Gasteiger partial charge in [0.25, 0.3) is 5.69 Å². The van der Waals surface area contributed by atoms with E-state index in [-0.39, 0.29) is 30.5 Å². The topological polar surface area (TPSA) is 89.5 Å². The first-order chi connectivity index (χ1) is 8.32. The summed E-state index contributed by atoms with van der Waals surface area (Å²) in [5.41, 5.74) is 5.93. The molecule has 1 amide bonds. The fraction of sp³-hybridized carbons (Fsp3) is 0.364. The van der Waals surface area contributed by atoms with Crippen LogP contribution in [-0.4, -0.2) is 28.8 Å². The standard InChI is InChI=1S/C11H14ClN3O3.ClH/c1-7(13)11(16)14(2)6-8-5-9(15(17)18)3-4-10(8)12;/h3-5,7H,6,13H2,1-2H3;1H/t7-;/m1./s1. The summed E-state index contributed by atoms with van der Waals surface area (Å²) in [7, 11) is 1.57. The Morgan fingerprint density at radius 2 is 2.16 bits per heavy atom. The van der Waals surface area contributed by atoms with Crippen LogP contribution < -0.4 is 5.73 Å². The first-order valence-electron chi connectivity index (χ1n) is 5.26. The number of nitrogens with two attached hydrogens (primary N) is 1. The number of nitro benzene ring substituents is 1. The molecule has 0 aliphatic heterocycles. The van der Waals surface area contributed by atoms with E-state index >= 15 is 0 Å². The van der Waals surface area contributed by atoms with E-state index in [9.17, 15) is 14.9 Å². The Balaban J connectivity index is 0.00000324. The highest BCUT2D eigenvalue weighted by Gasteiger charge is 2.16. The van der Waals surface area contributed by atoms with E-state index in [1.165, 1.54) is 23.1 Å². The zero-order chi connectivity index (χ0) is 13.9. The van der Waals surface area contributed by atoms with Crippen molar-refractivity contribution in [2.45, 2.75) is 19.5 Å². The van der Waals surface area contributed by atoms with Crippen molar-refractivity contribution >= 4 is 35.6 Å². The van der Waals surface area contributed by atoms with Gasteiger partial charge in [0.2, 0.25) is 5.91 Å². The van der Waals surface area contributed by atoms with Crippen LogP contribution in [0, 0.1) is 10.1 Å². The maximum absolute atomic E-state index is 11.6. The summed E-state index contributed by atoms with van der Waals surface area (Å²) in [6, 6.07) is 3.50. The predicted octanol–water partition coefficient (Wildman–Crippen LogP) is 1.98. The van der Waals surface area contributed by atoms with Gasteiger partial charge in [0.15, 0.2) is 0 Å². The molecule has 0 unspecified atom stereocenters. The summed E-state index contributed by atoms with van der Waals surface area (Å²) in [6.07, 6.45) is 0. The number of halogens is 2. The van der Waals surface area contributed by atoms with Crippen molar-refractivity contribution in [2.24, 2.45) is 5.73 Å². The Hall–Kier alpha value is -1.37. The molecule has 0 saturated heterocycles. The SMILES string of the molecule is C[C@@H](N)C(=O)N(C)Cc1cc([N+](=O)[O-])ccc1Cl.Cl. The number of hydrogen-bond acceptors (Lipinski definition) is 4. The van der Waals surface area contributed by atoms with Gasteiger partial charge in [-0.25, -0.2) is 0 Å². The Labute approximate surface area is 122 Å². The van der Waals surface area contributed by atoms with E-state index in [1.807, 2.05) is 0 Å². The van der Waals surface area contributed by atoms with Gasteiger partial charge in [0.05, 0.1) is 11.0 Å². The molecule has 0 aliphatic rings. The van der Waals surface area contributed by atoms with Gasteiger partial charge in [-0.1, -0.05) is 11.6 Å². The third-order valence-electron chi connectivity index (χ3n) is 2.41. The average molecular weight is 308 g/mol. The van der Waals surface area contributed by atoms with Crippen LogP contribution in [-0.2, 0) is 11.3 Å². The minimum atomic E-state index is -0.618. The summed E-state index contributed by atoms with van der Waals surface area (Å²) in [4.78, 5) is 23.1. The van der Waals surface area contributed by atoms with Gasteiger partial charge in [-0.3, -0.25) is 14.9 Å². The van der Waals surface area contributed by atoms with Crippen LogP contribution in [0.1, 0.15) is 12.5 Å². The van der Waals surface area contributed by atoms with E-state index in [0.29, 0.717) is 10.6 Å². The van der Waals surface area contributed by atoms with Crippen LogP contribution in [0.2, 0.25) is 5.02 Å². The molecule has 0 radical (unpaired) electrons. The van der Waals surface area contributed by atoms with Crippen LogP contribution in [0.5, 0.6) is 0 Å². The second-order valence-corrected chi connectivity index (χ2v) is 4.42. The van der Waals surface area contributed by atoms with Crippen molar-refractivity contribution in [1.29, 1.82) is 0 Å². The van der Waals surface area contributed by atoms with Gasteiger partial charge in [-0.15, -0.1) is 12.4 Å². The molecule has 0 aliphatic carbocycles. The molecule has 0 aromatic heterocycles. The molecule has 1 atom stereocenters. The van der Waals surface area contributed by atoms with Crippen molar-refractivity contribution in [3.8, 4) is 0 Å². The van der Waals surface area contributed by atoms with Crippen LogP contribution in [0.15, 0.2) is 18.2 Å². The minimum absolute atomic E-state index is 0. The number of nitro groups is 1. The van der Waals surface area contributed by atoms with Crippen LogP contribution in [0.3, 0.4) is 0 Å². The van der Waals surface area contributed by atoms with Gasteiger partial charge in [0, 0.05) is 30.7 Å². The number of likely N-dealkylation sites (N-methyl/N-ethyl adjacent to an activating group) is 1. The summed E-state index contributed by atoms with van der Waals surface area (Å²) in [5, 5.41) is 11.0. The van der Waals surface area contributed by atoms with Crippen LogP contribution >= 0.6 is 24.0 Å². The second kappa shape index (κ2) is 7.28. The number of benzene rings is 1. The van der Waals surface area contributed by atoms with Gasteiger partial charge >= 0.3 is 0 Å². The quantitative estimate of drug-likeness (QED) is 0.680. The van der Waals surface area contributed by atoms with E-state index in [1.54, 1.807) is 14.0 Å². The van der Waals surface area contributed by atoms with Crippen molar-refractivity contribution < 1.29 is 9.72 Å². The molecular weight excluding hydrogens is 293 g/mol. The molecule has 1 aromatic rings. The lowest BCUT2D eigenvalue weighted by Crippen LogP contribution is -2.39. The van der Waals surface area contributed by atoms with Gasteiger partial charge in [-0.05, 0) is 18.6 Å². The number of nitrogens with zero attached hydrogens (tertiary/aromatic N) is 2. The van der Waals surface area contributed by atoms with Crippen LogP contribution in [0.25, 0.3) is 0 Å². The third-order valence-corrected chi connectivity index (χ3v) is 2.78. The van der Waals surface area contributed by atoms with E-state index in [0.717, 1.165) is 0 Å². The lowest BCUT2D eigenvalue weighted by atomic mass is 10.2. The summed E-state index contributed by atoms with van der Waals surface area (Å²) in [5.74, 6) is -0.252. The number of amides is 1. The van der Waals surface area contributed by atoms with Crippen LogP contribution in [0.4, 0.5) is 5.69 Å². The summed E-state index contributed by atoms with van der Waals surface area (Å²) >= 11 is 5.94. The summed E-state index contributed by atoms with van der Waals surface area (Å²) in [6.45, 7) is 1.76. The largest absolute Gasteiger partial charge is 0.340 e. The maximum Gasteiger partial charge on any atom is 0.269 e. The molecule has 1 aromatic carbocycles. The van der Waals surface area contributed by atoms with Crippen molar-refractivity contribution in [3.05, 3.63) is 38.9 Å². The zero-order valence-electron chi connectivity index (χ0n) is 10.5. The lowest BCUT2D eigenvalue weighted by Gasteiger charge is -2.19. The highest BCUT2D eigenvalue weighted by atomic mass is 35.5. The normalized spacial score (nSPS) is 11.4. The first-order valence-corrected chi connectivity index (χ1v) is 5.64. The molecule has 0 heterocycles. The number of non-ortho nitro benzene ring substituents is 1. The average Bonchev–Trinajstić information content (AvgIpc) is 2.30. The molecule has 106 valence electrons. The Morgan fingerprint density at radius 1 is 1.58 bits per heavy atom. The molecule has 8 heteroatoms. The fourth-order valence-electron chi connectivity index (χ4n) is 1.48. The predicted molar refractivity (Wildman–Crippen MR) is 75.5 cm³/mol.